The molecule has 0 spiro atoms. The van der Waals surface area contributed by atoms with E-state index in [2.05, 4.69) is 15.3 Å². The molecule has 1 saturated carbocycles. The summed E-state index contributed by atoms with van der Waals surface area (Å²) in [5, 5.41) is 7.81. The lowest BCUT2D eigenvalue weighted by molar-refractivity contribution is -0.129. The first kappa shape index (κ1) is 12.6. The van der Waals surface area contributed by atoms with Gasteiger partial charge in [-0.05, 0) is 19.3 Å². The molecule has 2 aromatic rings. The number of amides is 1. The number of aromatic nitrogens is 3. The minimum Gasteiger partial charge on any atom is -0.364 e. The van der Waals surface area contributed by atoms with Gasteiger partial charge in [-0.3, -0.25) is 4.79 Å². The number of hydrogen-bond acceptors (Lipinski definition) is 6. The van der Waals surface area contributed by atoms with E-state index in [1.807, 2.05) is 4.90 Å². The summed E-state index contributed by atoms with van der Waals surface area (Å²) in [6, 6.07) is 1.71. The van der Waals surface area contributed by atoms with E-state index >= 15 is 0 Å². The van der Waals surface area contributed by atoms with Gasteiger partial charge in [-0.25, -0.2) is 0 Å². The number of carbonyl (C=O) groups excluding carboxylic acids is 1. The fourth-order valence-corrected chi connectivity index (χ4v) is 2.70. The van der Waals surface area contributed by atoms with Crippen LogP contribution in [-0.2, 0) is 11.2 Å². The quantitative estimate of drug-likeness (QED) is 0.847. The van der Waals surface area contributed by atoms with Crippen LogP contribution in [0.4, 0.5) is 0 Å². The van der Waals surface area contributed by atoms with E-state index in [-0.39, 0.29) is 18.2 Å². The molecule has 1 atom stereocenters. The molecule has 2 aliphatic rings. The van der Waals surface area contributed by atoms with E-state index in [1.165, 1.54) is 6.26 Å². The molecule has 7 nitrogen and oxygen atoms in total. The number of nitrogens with zero attached hydrogens (tertiary/aromatic N) is 4. The molecule has 3 heterocycles. The number of hydrogen-bond donors (Lipinski definition) is 0. The Bertz CT molecular complexity index is 632. The second-order valence-electron chi connectivity index (χ2n) is 5.76. The average molecular weight is 288 g/mol. The van der Waals surface area contributed by atoms with E-state index in [0.29, 0.717) is 24.0 Å². The Morgan fingerprint density at radius 2 is 2.19 bits per heavy atom. The number of likely N-dealkylation sites (tertiary alicyclic amines) is 1. The molecule has 1 amide bonds. The van der Waals surface area contributed by atoms with Crippen molar-refractivity contribution in [2.45, 2.75) is 37.5 Å². The largest absolute Gasteiger partial charge is 0.364 e. The minimum absolute atomic E-state index is 0.0633. The van der Waals surface area contributed by atoms with E-state index in [4.69, 9.17) is 9.05 Å². The maximum atomic E-state index is 12.2. The third-order valence-corrected chi connectivity index (χ3v) is 4.11. The molecule has 2 aromatic heterocycles. The number of carbonyl (C=O) groups is 1. The van der Waals surface area contributed by atoms with Crippen LogP contribution < -0.4 is 0 Å². The predicted octanol–water partition coefficient (Wildman–Crippen LogP) is 1.49. The van der Waals surface area contributed by atoms with Gasteiger partial charge in [0.1, 0.15) is 6.26 Å². The Labute approximate surface area is 121 Å². The molecular formula is C14H16N4O3. The van der Waals surface area contributed by atoms with Crippen LogP contribution in [0.2, 0.25) is 0 Å². The molecule has 1 unspecified atom stereocenters. The molecule has 7 heteroatoms. The van der Waals surface area contributed by atoms with Crippen molar-refractivity contribution in [3.8, 4) is 0 Å². The van der Waals surface area contributed by atoms with Crippen LogP contribution in [0.3, 0.4) is 0 Å². The summed E-state index contributed by atoms with van der Waals surface area (Å²) in [5.41, 5.74) is 0.664. The first-order valence-electron chi connectivity index (χ1n) is 7.30. The van der Waals surface area contributed by atoms with Gasteiger partial charge in [0, 0.05) is 25.1 Å². The van der Waals surface area contributed by atoms with E-state index in [0.717, 1.165) is 31.6 Å². The Hall–Kier alpha value is -2.18. The van der Waals surface area contributed by atoms with E-state index < -0.39 is 0 Å². The zero-order chi connectivity index (χ0) is 14.2. The van der Waals surface area contributed by atoms with Crippen LogP contribution in [-0.4, -0.2) is 39.2 Å². The normalized spacial score (nSPS) is 21.9. The van der Waals surface area contributed by atoms with Crippen molar-refractivity contribution in [2.75, 3.05) is 13.1 Å². The Morgan fingerprint density at radius 3 is 2.95 bits per heavy atom. The van der Waals surface area contributed by atoms with Crippen molar-refractivity contribution in [3.63, 3.8) is 0 Å². The molecule has 2 fully saturated rings. The van der Waals surface area contributed by atoms with Crippen molar-refractivity contribution in [1.82, 2.24) is 20.2 Å². The van der Waals surface area contributed by atoms with Crippen molar-refractivity contribution in [3.05, 3.63) is 29.7 Å². The molecular weight excluding hydrogens is 272 g/mol. The lowest BCUT2D eigenvalue weighted by atomic mass is 10.1. The first-order chi connectivity index (χ1) is 10.3. The smallest absolute Gasteiger partial charge is 0.231 e. The lowest BCUT2D eigenvalue weighted by Gasteiger charge is -2.14. The van der Waals surface area contributed by atoms with Crippen LogP contribution in [0.25, 0.3) is 0 Å². The predicted molar refractivity (Wildman–Crippen MR) is 70.4 cm³/mol. The van der Waals surface area contributed by atoms with Gasteiger partial charge in [0.05, 0.1) is 18.0 Å². The van der Waals surface area contributed by atoms with Gasteiger partial charge in [0.15, 0.2) is 5.82 Å². The Balaban J connectivity index is 1.38. The topological polar surface area (TPSA) is 85.3 Å². The van der Waals surface area contributed by atoms with Gasteiger partial charge in [0.25, 0.3) is 0 Å². The van der Waals surface area contributed by atoms with E-state index in [9.17, 15) is 4.79 Å². The van der Waals surface area contributed by atoms with Crippen LogP contribution in [0.5, 0.6) is 0 Å². The first-order valence-corrected chi connectivity index (χ1v) is 7.30. The standard InChI is InChI=1S/C14H16N4O3/c19-12(7-11-4-6-20-16-11)18-5-3-10(8-18)14-15-13(17-21-14)9-1-2-9/h4,6,9-10H,1-3,5,7-8H2. The highest BCUT2D eigenvalue weighted by Crippen LogP contribution is 2.39. The zero-order valence-corrected chi connectivity index (χ0v) is 11.6. The van der Waals surface area contributed by atoms with Crippen LogP contribution >= 0.6 is 0 Å². The molecule has 0 aromatic carbocycles. The van der Waals surface area contributed by atoms with Gasteiger partial charge in [0.2, 0.25) is 11.8 Å². The van der Waals surface area contributed by atoms with Gasteiger partial charge >= 0.3 is 0 Å². The molecule has 21 heavy (non-hydrogen) atoms. The Kier molecular flexibility index (Phi) is 2.98. The summed E-state index contributed by atoms with van der Waals surface area (Å²) >= 11 is 0. The highest BCUT2D eigenvalue weighted by molar-refractivity contribution is 5.78. The second-order valence-corrected chi connectivity index (χ2v) is 5.76. The highest BCUT2D eigenvalue weighted by Gasteiger charge is 2.34. The zero-order valence-electron chi connectivity index (χ0n) is 11.6. The summed E-state index contributed by atoms with van der Waals surface area (Å²) in [6.07, 6.45) is 4.95. The van der Waals surface area contributed by atoms with Gasteiger partial charge in [-0.1, -0.05) is 10.3 Å². The summed E-state index contributed by atoms with van der Waals surface area (Å²) < 4.78 is 10.1. The van der Waals surface area contributed by atoms with Crippen LogP contribution in [0.15, 0.2) is 21.4 Å². The fraction of sp³-hybridized carbons (Fsp3) is 0.571. The van der Waals surface area contributed by atoms with E-state index in [1.54, 1.807) is 6.07 Å². The third-order valence-electron chi connectivity index (χ3n) is 4.11. The second kappa shape index (κ2) is 4.98. The SMILES string of the molecule is O=C(Cc1ccon1)N1CCC(c2nc(C3CC3)no2)C1. The van der Waals surface area contributed by atoms with Gasteiger partial charge in [-0.2, -0.15) is 4.98 Å². The third kappa shape index (κ3) is 2.55. The summed E-state index contributed by atoms with van der Waals surface area (Å²) in [7, 11) is 0. The maximum absolute atomic E-state index is 12.2. The Morgan fingerprint density at radius 1 is 1.29 bits per heavy atom. The fourth-order valence-electron chi connectivity index (χ4n) is 2.70. The molecule has 4 rings (SSSR count). The van der Waals surface area contributed by atoms with Crippen molar-refractivity contribution >= 4 is 5.91 Å². The van der Waals surface area contributed by atoms with Crippen molar-refractivity contribution in [2.24, 2.45) is 0 Å². The molecule has 0 radical (unpaired) electrons. The molecule has 110 valence electrons. The van der Waals surface area contributed by atoms with Crippen molar-refractivity contribution < 1.29 is 13.8 Å². The highest BCUT2D eigenvalue weighted by atomic mass is 16.5. The maximum Gasteiger partial charge on any atom is 0.231 e. The molecule has 0 bridgehead atoms. The summed E-state index contributed by atoms with van der Waals surface area (Å²) in [4.78, 5) is 18.5. The number of rotatable bonds is 4. The molecule has 1 saturated heterocycles. The van der Waals surface area contributed by atoms with Gasteiger partial charge < -0.3 is 13.9 Å². The lowest BCUT2D eigenvalue weighted by Crippen LogP contribution is -2.30. The average Bonchev–Trinajstić information content (AvgIpc) is 2.94. The summed E-state index contributed by atoms with van der Waals surface area (Å²) in [6.45, 7) is 1.37. The summed E-state index contributed by atoms with van der Waals surface area (Å²) in [5.74, 6) is 2.22. The van der Waals surface area contributed by atoms with Crippen LogP contribution in [0, 0.1) is 0 Å². The molecule has 1 aliphatic carbocycles. The monoisotopic (exact) mass is 288 g/mol. The molecule has 0 N–H and O–H groups in total. The van der Waals surface area contributed by atoms with Crippen molar-refractivity contribution in [1.29, 1.82) is 0 Å². The van der Waals surface area contributed by atoms with Gasteiger partial charge in [-0.15, -0.1) is 0 Å². The van der Waals surface area contributed by atoms with Crippen LogP contribution in [0.1, 0.15) is 48.5 Å². The minimum atomic E-state index is 0.0633. The molecule has 1 aliphatic heterocycles.